The van der Waals surface area contributed by atoms with Crippen molar-refractivity contribution in [3.8, 4) is 0 Å². The molecule has 3 aromatic rings. The number of hydrogen-bond acceptors (Lipinski definition) is 5. The Morgan fingerprint density at radius 2 is 2.00 bits per heavy atom. The molecule has 0 spiro atoms. The number of pyridine rings is 1. The number of aromatic nitrogens is 5. The van der Waals surface area contributed by atoms with Gasteiger partial charge in [0.05, 0.1) is 18.9 Å². The van der Waals surface area contributed by atoms with Crippen LogP contribution >= 0.6 is 0 Å². The molecule has 0 amide bonds. The van der Waals surface area contributed by atoms with Crippen molar-refractivity contribution in [2.75, 3.05) is 17.4 Å². The van der Waals surface area contributed by atoms with Gasteiger partial charge < -0.3 is 0 Å². The zero-order valence-corrected chi connectivity index (χ0v) is 15.8. The number of rotatable bonds is 4. The normalized spacial score (nSPS) is 17.6. The summed E-state index contributed by atoms with van der Waals surface area (Å²) in [5.41, 5.74) is 1.65. The van der Waals surface area contributed by atoms with Crippen LogP contribution < -0.4 is 4.31 Å². The molecule has 1 aliphatic rings. The van der Waals surface area contributed by atoms with E-state index in [-0.39, 0.29) is 12.6 Å². The van der Waals surface area contributed by atoms with Crippen molar-refractivity contribution in [1.82, 2.24) is 28.9 Å². The highest BCUT2D eigenvalue weighted by Gasteiger charge is 2.38. The van der Waals surface area contributed by atoms with Gasteiger partial charge in [-0.1, -0.05) is 0 Å². The van der Waals surface area contributed by atoms with Gasteiger partial charge in [-0.05, 0) is 25.5 Å². The van der Waals surface area contributed by atoms with Crippen LogP contribution in [-0.4, -0.2) is 50.4 Å². The predicted octanol–water partition coefficient (Wildman–Crippen LogP) is 1.31. The van der Waals surface area contributed by atoms with E-state index < -0.39 is 10.2 Å². The number of nitrogens with zero attached hydrogens (tertiary/aromatic N) is 7. The van der Waals surface area contributed by atoms with E-state index in [0.29, 0.717) is 18.9 Å². The molecule has 0 atom stereocenters. The lowest BCUT2D eigenvalue weighted by molar-refractivity contribution is 0.445. The molecule has 26 heavy (non-hydrogen) atoms. The van der Waals surface area contributed by atoms with E-state index in [9.17, 15) is 8.42 Å². The molecular weight excluding hydrogens is 354 g/mol. The summed E-state index contributed by atoms with van der Waals surface area (Å²) >= 11 is 0. The fraction of sp³-hybridized carbons (Fsp3) is 0.438. The molecule has 4 rings (SSSR count). The van der Waals surface area contributed by atoms with Crippen molar-refractivity contribution >= 4 is 27.1 Å². The number of anilines is 1. The first kappa shape index (κ1) is 17.0. The first-order chi connectivity index (χ1) is 12.4. The molecule has 4 heterocycles. The minimum Gasteiger partial charge on any atom is -0.252 e. The van der Waals surface area contributed by atoms with Crippen LogP contribution in [0.15, 0.2) is 30.7 Å². The van der Waals surface area contributed by atoms with Crippen molar-refractivity contribution in [2.45, 2.75) is 26.4 Å². The quantitative estimate of drug-likeness (QED) is 0.686. The molecule has 3 aromatic heterocycles. The molecule has 0 N–H and O–H groups in total. The van der Waals surface area contributed by atoms with Crippen LogP contribution in [0.25, 0.3) is 11.0 Å². The van der Waals surface area contributed by atoms with Crippen molar-refractivity contribution in [2.24, 2.45) is 7.05 Å². The molecule has 0 saturated carbocycles. The van der Waals surface area contributed by atoms with Gasteiger partial charge in [-0.2, -0.15) is 22.9 Å². The molecule has 138 valence electrons. The third kappa shape index (κ3) is 2.65. The summed E-state index contributed by atoms with van der Waals surface area (Å²) in [4.78, 5) is 4.49. The molecule has 0 radical (unpaired) electrons. The second-order valence-electron chi connectivity index (χ2n) is 6.67. The Balaban J connectivity index is 1.60. The molecule has 1 aliphatic heterocycles. The Bertz CT molecular complexity index is 1050. The summed E-state index contributed by atoms with van der Waals surface area (Å²) in [5.74, 6) is 0.569. The third-order valence-electron chi connectivity index (χ3n) is 4.55. The Kier molecular flexibility index (Phi) is 3.96. The maximum Gasteiger partial charge on any atom is 0.305 e. The van der Waals surface area contributed by atoms with Gasteiger partial charge in [-0.25, -0.2) is 14.0 Å². The van der Waals surface area contributed by atoms with Gasteiger partial charge in [0.25, 0.3) is 0 Å². The lowest BCUT2D eigenvalue weighted by Crippen LogP contribution is -2.33. The SMILES string of the molecule is CC(C)n1ncc2cc(CN3CCN(c4ccnn4C)S3(=O)=O)cnc21. The summed E-state index contributed by atoms with van der Waals surface area (Å²) in [7, 11) is -1.84. The predicted molar refractivity (Wildman–Crippen MR) is 97.8 cm³/mol. The molecule has 10 heteroatoms. The zero-order chi connectivity index (χ0) is 18.5. The average Bonchev–Trinajstić information content (AvgIpc) is 3.26. The van der Waals surface area contributed by atoms with Gasteiger partial charge in [0.1, 0.15) is 5.82 Å². The summed E-state index contributed by atoms with van der Waals surface area (Å²) in [5, 5.41) is 9.33. The van der Waals surface area contributed by atoms with Crippen molar-refractivity contribution < 1.29 is 8.42 Å². The van der Waals surface area contributed by atoms with Gasteiger partial charge in [0.2, 0.25) is 0 Å². The van der Waals surface area contributed by atoms with Gasteiger partial charge in [-0.3, -0.25) is 4.68 Å². The van der Waals surface area contributed by atoms with E-state index in [1.54, 1.807) is 36.4 Å². The highest BCUT2D eigenvalue weighted by Crippen LogP contribution is 2.26. The van der Waals surface area contributed by atoms with Crippen molar-refractivity contribution in [3.05, 3.63) is 36.3 Å². The smallest absolute Gasteiger partial charge is 0.252 e. The maximum atomic E-state index is 12.9. The van der Waals surface area contributed by atoms with Crippen LogP contribution in [0.2, 0.25) is 0 Å². The van der Waals surface area contributed by atoms with Crippen LogP contribution in [0.3, 0.4) is 0 Å². The van der Waals surface area contributed by atoms with Crippen LogP contribution in [0.4, 0.5) is 5.82 Å². The van der Waals surface area contributed by atoms with Crippen LogP contribution in [0.1, 0.15) is 25.5 Å². The number of aryl methyl sites for hydroxylation is 1. The monoisotopic (exact) mass is 375 g/mol. The summed E-state index contributed by atoms with van der Waals surface area (Å²) < 4.78 is 32.0. The molecule has 0 aromatic carbocycles. The van der Waals surface area contributed by atoms with E-state index in [0.717, 1.165) is 16.6 Å². The van der Waals surface area contributed by atoms with Crippen LogP contribution in [0, 0.1) is 0 Å². The number of fused-ring (bicyclic) bond motifs is 1. The van der Waals surface area contributed by atoms with Gasteiger partial charge in [-0.15, -0.1) is 0 Å². The minimum atomic E-state index is -3.58. The van der Waals surface area contributed by atoms with Crippen LogP contribution in [0.5, 0.6) is 0 Å². The fourth-order valence-electron chi connectivity index (χ4n) is 3.23. The van der Waals surface area contributed by atoms with Gasteiger partial charge >= 0.3 is 10.2 Å². The molecular formula is C16H21N7O2S. The van der Waals surface area contributed by atoms with E-state index in [1.165, 1.54) is 8.61 Å². The highest BCUT2D eigenvalue weighted by molar-refractivity contribution is 7.90. The first-order valence-corrected chi connectivity index (χ1v) is 9.85. The maximum absolute atomic E-state index is 12.9. The summed E-state index contributed by atoms with van der Waals surface area (Å²) in [6.45, 7) is 5.21. The molecule has 1 fully saturated rings. The lowest BCUT2D eigenvalue weighted by Gasteiger charge is -2.19. The lowest BCUT2D eigenvalue weighted by atomic mass is 10.2. The van der Waals surface area contributed by atoms with Crippen LogP contribution in [-0.2, 0) is 23.8 Å². The van der Waals surface area contributed by atoms with E-state index >= 15 is 0 Å². The standard InChI is InChI=1S/C16H21N7O2S/c1-12(2)23-16-14(10-19-23)8-13(9-17-16)11-21-6-7-22(26(21,24)25)15-4-5-18-20(15)3/h4-5,8-10,12H,6-7,11H2,1-3H3. The van der Waals surface area contributed by atoms with Gasteiger partial charge in [0.15, 0.2) is 5.65 Å². The van der Waals surface area contributed by atoms with E-state index in [2.05, 4.69) is 15.2 Å². The van der Waals surface area contributed by atoms with E-state index in [1.807, 2.05) is 24.6 Å². The Hall–Kier alpha value is -2.46. The van der Waals surface area contributed by atoms with Gasteiger partial charge in [0, 0.05) is 43.8 Å². The first-order valence-electron chi connectivity index (χ1n) is 8.46. The average molecular weight is 375 g/mol. The molecule has 1 saturated heterocycles. The fourth-order valence-corrected chi connectivity index (χ4v) is 4.86. The molecule has 0 unspecified atom stereocenters. The molecule has 0 bridgehead atoms. The minimum absolute atomic E-state index is 0.220. The second kappa shape index (κ2) is 6.06. The zero-order valence-electron chi connectivity index (χ0n) is 14.9. The summed E-state index contributed by atoms with van der Waals surface area (Å²) in [6, 6.07) is 3.88. The Morgan fingerprint density at radius 3 is 2.69 bits per heavy atom. The molecule has 9 nitrogen and oxygen atoms in total. The van der Waals surface area contributed by atoms with E-state index in [4.69, 9.17) is 0 Å². The number of hydrogen-bond donors (Lipinski definition) is 0. The largest absolute Gasteiger partial charge is 0.305 e. The Morgan fingerprint density at radius 1 is 1.19 bits per heavy atom. The third-order valence-corrected chi connectivity index (χ3v) is 6.44. The highest BCUT2D eigenvalue weighted by atomic mass is 32.2. The van der Waals surface area contributed by atoms with Crippen molar-refractivity contribution in [1.29, 1.82) is 0 Å². The topological polar surface area (TPSA) is 89.2 Å². The Labute approximate surface area is 152 Å². The molecule has 0 aliphatic carbocycles. The summed E-state index contributed by atoms with van der Waals surface area (Å²) in [6.07, 6.45) is 5.09. The van der Waals surface area contributed by atoms with Crippen molar-refractivity contribution in [3.63, 3.8) is 0 Å². The second-order valence-corrected chi connectivity index (χ2v) is 8.52.